The standard InChI is InChI=1S/C16H17ClN2O/c1-10-12(7-5-9-15(10)18)16(20)19-11(2)13-6-3-4-8-14(13)17/h3-9,11H,18H2,1-2H3,(H,19,20). The highest BCUT2D eigenvalue weighted by molar-refractivity contribution is 6.31. The third-order valence-corrected chi connectivity index (χ3v) is 3.68. The average Bonchev–Trinajstić information content (AvgIpc) is 2.42. The van der Waals surface area contributed by atoms with Crippen molar-refractivity contribution in [1.29, 1.82) is 0 Å². The number of carbonyl (C=O) groups excluding carboxylic acids is 1. The molecule has 2 aromatic rings. The summed E-state index contributed by atoms with van der Waals surface area (Å²) in [6.45, 7) is 3.74. The second kappa shape index (κ2) is 5.97. The molecule has 0 radical (unpaired) electrons. The monoisotopic (exact) mass is 288 g/mol. The van der Waals surface area contributed by atoms with Gasteiger partial charge >= 0.3 is 0 Å². The van der Waals surface area contributed by atoms with Crippen LogP contribution in [0.1, 0.15) is 34.5 Å². The molecule has 20 heavy (non-hydrogen) atoms. The molecule has 3 N–H and O–H groups in total. The lowest BCUT2D eigenvalue weighted by Gasteiger charge is -2.17. The summed E-state index contributed by atoms with van der Waals surface area (Å²) in [6.07, 6.45) is 0. The van der Waals surface area contributed by atoms with Crippen molar-refractivity contribution in [3.05, 3.63) is 64.2 Å². The summed E-state index contributed by atoms with van der Waals surface area (Å²) < 4.78 is 0. The zero-order valence-electron chi connectivity index (χ0n) is 11.5. The van der Waals surface area contributed by atoms with E-state index >= 15 is 0 Å². The molecule has 4 heteroatoms. The number of nitrogens with two attached hydrogens (primary N) is 1. The van der Waals surface area contributed by atoms with Crippen LogP contribution in [-0.2, 0) is 0 Å². The molecule has 0 aliphatic rings. The Hall–Kier alpha value is -2.00. The Morgan fingerprint density at radius 1 is 1.20 bits per heavy atom. The molecule has 0 saturated heterocycles. The van der Waals surface area contributed by atoms with Crippen LogP contribution in [0.4, 0.5) is 5.69 Å². The van der Waals surface area contributed by atoms with Gasteiger partial charge in [-0.3, -0.25) is 4.79 Å². The van der Waals surface area contributed by atoms with E-state index in [9.17, 15) is 4.79 Å². The average molecular weight is 289 g/mol. The summed E-state index contributed by atoms with van der Waals surface area (Å²) in [5.41, 5.74) is 8.71. The number of amides is 1. The van der Waals surface area contributed by atoms with Gasteiger partial charge in [-0.15, -0.1) is 0 Å². The highest BCUT2D eigenvalue weighted by atomic mass is 35.5. The molecule has 3 nitrogen and oxygen atoms in total. The lowest BCUT2D eigenvalue weighted by molar-refractivity contribution is 0.0939. The van der Waals surface area contributed by atoms with Crippen molar-refractivity contribution in [3.8, 4) is 0 Å². The van der Waals surface area contributed by atoms with Gasteiger partial charge in [0.15, 0.2) is 0 Å². The normalized spacial score (nSPS) is 11.9. The molecule has 0 bridgehead atoms. The summed E-state index contributed by atoms with van der Waals surface area (Å²) in [5, 5.41) is 3.59. The van der Waals surface area contributed by atoms with Crippen molar-refractivity contribution >= 4 is 23.2 Å². The first-order valence-electron chi connectivity index (χ1n) is 6.41. The Balaban J connectivity index is 2.20. The Kier molecular flexibility index (Phi) is 4.30. The summed E-state index contributed by atoms with van der Waals surface area (Å²) in [4.78, 5) is 12.3. The van der Waals surface area contributed by atoms with Crippen molar-refractivity contribution in [2.75, 3.05) is 5.73 Å². The predicted molar refractivity (Wildman–Crippen MR) is 82.9 cm³/mol. The maximum Gasteiger partial charge on any atom is 0.252 e. The first-order chi connectivity index (χ1) is 9.50. The van der Waals surface area contributed by atoms with Gasteiger partial charge in [0.25, 0.3) is 5.91 Å². The molecule has 0 fully saturated rings. The molecule has 104 valence electrons. The van der Waals surface area contributed by atoms with Crippen LogP contribution in [0.5, 0.6) is 0 Å². The second-order valence-corrected chi connectivity index (χ2v) is 5.14. The van der Waals surface area contributed by atoms with E-state index in [0.29, 0.717) is 16.3 Å². The maximum atomic E-state index is 12.3. The van der Waals surface area contributed by atoms with E-state index in [0.717, 1.165) is 11.1 Å². The van der Waals surface area contributed by atoms with Crippen molar-refractivity contribution in [3.63, 3.8) is 0 Å². The van der Waals surface area contributed by atoms with E-state index in [1.807, 2.05) is 38.1 Å². The van der Waals surface area contributed by atoms with E-state index in [2.05, 4.69) is 5.32 Å². The minimum atomic E-state index is -0.169. The SMILES string of the molecule is Cc1c(N)cccc1C(=O)NC(C)c1ccccc1Cl. The van der Waals surface area contributed by atoms with Crippen LogP contribution in [0.2, 0.25) is 5.02 Å². The van der Waals surface area contributed by atoms with Crippen LogP contribution in [0.25, 0.3) is 0 Å². The summed E-state index contributed by atoms with van der Waals surface area (Å²) in [7, 11) is 0. The third-order valence-electron chi connectivity index (χ3n) is 3.34. The third kappa shape index (κ3) is 2.94. The highest BCUT2D eigenvalue weighted by Gasteiger charge is 2.15. The Labute approximate surface area is 123 Å². The van der Waals surface area contributed by atoms with Crippen LogP contribution in [0, 0.1) is 6.92 Å². The van der Waals surface area contributed by atoms with Gasteiger partial charge in [0, 0.05) is 16.3 Å². The summed E-state index contributed by atoms with van der Waals surface area (Å²) >= 11 is 6.13. The first kappa shape index (κ1) is 14.4. The van der Waals surface area contributed by atoms with Gasteiger partial charge in [-0.25, -0.2) is 0 Å². The molecule has 0 aliphatic carbocycles. The molecule has 1 atom stereocenters. The molecule has 0 spiro atoms. The van der Waals surface area contributed by atoms with Gasteiger partial charge in [0.2, 0.25) is 0 Å². The van der Waals surface area contributed by atoms with Crippen molar-refractivity contribution < 1.29 is 4.79 Å². The van der Waals surface area contributed by atoms with E-state index in [-0.39, 0.29) is 11.9 Å². The highest BCUT2D eigenvalue weighted by Crippen LogP contribution is 2.23. The molecule has 1 unspecified atom stereocenters. The van der Waals surface area contributed by atoms with Gasteiger partial charge in [-0.05, 0) is 43.2 Å². The Morgan fingerprint density at radius 3 is 2.60 bits per heavy atom. The van der Waals surface area contributed by atoms with Gasteiger partial charge in [0.1, 0.15) is 0 Å². The first-order valence-corrected chi connectivity index (χ1v) is 6.79. The van der Waals surface area contributed by atoms with Crippen molar-refractivity contribution in [2.24, 2.45) is 0 Å². The fourth-order valence-corrected chi connectivity index (χ4v) is 2.38. The Bertz CT molecular complexity index is 640. The van der Waals surface area contributed by atoms with Crippen LogP contribution < -0.4 is 11.1 Å². The number of hydrogen-bond acceptors (Lipinski definition) is 2. The summed E-state index contributed by atoms with van der Waals surface area (Å²) in [5.74, 6) is -0.151. The number of anilines is 1. The van der Waals surface area contributed by atoms with Crippen molar-refractivity contribution in [2.45, 2.75) is 19.9 Å². The van der Waals surface area contributed by atoms with E-state index in [1.165, 1.54) is 0 Å². The number of halogens is 1. The molecular weight excluding hydrogens is 272 g/mol. The van der Waals surface area contributed by atoms with E-state index in [1.54, 1.807) is 18.2 Å². The smallest absolute Gasteiger partial charge is 0.252 e. The molecule has 0 aliphatic heterocycles. The van der Waals surface area contributed by atoms with Gasteiger partial charge < -0.3 is 11.1 Å². The molecule has 0 aromatic heterocycles. The minimum absolute atomic E-state index is 0.151. The molecule has 2 rings (SSSR count). The van der Waals surface area contributed by atoms with Crippen LogP contribution >= 0.6 is 11.6 Å². The second-order valence-electron chi connectivity index (χ2n) is 4.74. The van der Waals surface area contributed by atoms with Crippen LogP contribution in [0.15, 0.2) is 42.5 Å². The molecule has 0 heterocycles. The lowest BCUT2D eigenvalue weighted by Crippen LogP contribution is -2.27. The number of nitrogen functional groups attached to an aromatic ring is 1. The van der Waals surface area contributed by atoms with Crippen molar-refractivity contribution in [1.82, 2.24) is 5.32 Å². The van der Waals surface area contributed by atoms with Gasteiger partial charge in [-0.2, -0.15) is 0 Å². The Morgan fingerprint density at radius 2 is 1.90 bits per heavy atom. The number of rotatable bonds is 3. The largest absolute Gasteiger partial charge is 0.398 e. The number of benzene rings is 2. The number of nitrogens with one attached hydrogen (secondary N) is 1. The molecule has 1 amide bonds. The van der Waals surface area contributed by atoms with E-state index in [4.69, 9.17) is 17.3 Å². The van der Waals surface area contributed by atoms with Gasteiger partial charge in [0.05, 0.1) is 6.04 Å². The van der Waals surface area contributed by atoms with Crippen LogP contribution in [0.3, 0.4) is 0 Å². The summed E-state index contributed by atoms with van der Waals surface area (Å²) in [6, 6.07) is 12.6. The molecule has 0 saturated carbocycles. The molecule has 2 aromatic carbocycles. The topological polar surface area (TPSA) is 55.1 Å². The maximum absolute atomic E-state index is 12.3. The zero-order valence-corrected chi connectivity index (χ0v) is 12.2. The number of hydrogen-bond donors (Lipinski definition) is 2. The zero-order chi connectivity index (χ0) is 14.7. The predicted octanol–water partition coefficient (Wildman–Crippen LogP) is 3.72. The fourth-order valence-electron chi connectivity index (χ4n) is 2.08. The van der Waals surface area contributed by atoms with E-state index < -0.39 is 0 Å². The van der Waals surface area contributed by atoms with Gasteiger partial charge in [-0.1, -0.05) is 35.9 Å². The van der Waals surface area contributed by atoms with Crippen LogP contribution in [-0.4, -0.2) is 5.91 Å². The lowest BCUT2D eigenvalue weighted by atomic mass is 10.0. The fraction of sp³-hybridized carbons (Fsp3) is 0.188. The molecular formula is C16H17ClN2O. The minimum Gasteiger partial charge on any atom is -0.398 e. The number of carbonyl (C=O) groups is 1. The quantitative estimate of drug-likeness (QED) is 0.846.